The third-order valence-electron chi connectivity index (χ3n) is 3.46. The molecule has 0 aromatic carbocycles. The van der Waals surface area contributed by atoms with Gasteiger partial charge in [-0.25, -0.2) is 0 Å². The highest BCUT2D eigenvalue weighted by Crippen LogP contribution is 2.29. The van der Waals surface area contributed by atoms with Gasteiger partial charge in [0.05, 0.1) is 12.6 Å². The fourth-order valence-electron chi connectivity index (χ4n) is 2.26. The smallest absolute Gasteiger partial charge is 0.222 e. The molecule has 4 nitrogen and oxygen atoms in total. The zero-order chi connectivity index (χ0) is 12.2. The number of aliphatic hydroxyl groups excluding tert-OH is 1. The Morgan fingerprint density at radius 3 is 2.44 bits per heavy atom. The Labute approximate surface area is 97.6 Å². The molecule has 1 amide bonds. The SMILES string of the molecule is CC(C)C(CO)NC(=O)CC1(N)CCCC1. The van der Waals surface area contributed by atoms with Crippen molar-refractivity contribution < 1.29 is 9.90 Å². The van der Waals surface area contributed by atoms with Crippen LogP contribution in [0.25, 0.3) is 0 Å². The van der Waals surface area contributed by atoms with Gasteiger partial charge >= 0.3 is 0 Å². The molecule has 1 unspecified atom stereocenters. The molecule has 1 aliphatic rings. The van der Waals surface area contributed by atoms with Crippen LogP contribution < -0.4 is 11.1 Å². The van der Waals surface area contributed by atoms with E-state index in [2.05, 4.69) is 5.32 Å². The van der Waals surface area contributed by atoms with Crippen LogP contribution in [0.4, 0.5) is 0 Å². The molecule has 4 N–H and O–H groups in total. The lowest BCUT2D eigenvalue weighted by Gasteiger charge is -2.25. The third kappa shape index (κ3) is 3.76. The van der Waals surface area contributed by atoms with E-state index in [1.807, 2.05) is 13.8 Å². The first-order chi connectivity index (χ1) is 7.47. The molecule has 16 heavy (non-hydrogen) atoms. The predicted molar refractivity (Wildman–Crippen MR) is 63.9 cm³/mol. The van der Waals surface area contributed by atoms with Crippen molar-refractivity contribution in [1.29, 1.82) is 0 Å². The summed E-state index contributed by atoms with van der Waals surface area (Å²) >= 11 is 0. The highest BCUT2D eigenvalue weighted by Gasteiger charge is 2.32. The largest absolute Gasteiger partial charge is 0.394 e. The van der Waals surface area contributed by atoms with Crippen molar-refractivity contribution >= 4 is 5.91 Å². The van der Waals surface area contributed by atoms with E-state index in [1.165, 1.54) is 0 Å². The van der Waals surface area contributed by atoms with E-state index in [1.54, 1.807) is 0 Å². The molecule has 0 bridgehead atoms. The minimum Gasteiger partial charge on any atom is -0.394 e. The molecule has 94 valence electrons. The summed E-state index contributed by atoms with van der Waals surface area (Å²) in [5, 5.41) is 12.0. The number of aliphatic hydroxyl groups is 1. The molecule has 0 spiro atoms. The lowest BCUT2D eigenvalue weighted by atomic mass is 9.94. The summed E-state index contributed by atoms with van der Waals surface area (Å²) in [6, 6.07) is -0.155. The number of hydrogen-bond acceptors (Lipinski definition) is 3. The molecule has 0 aliphatic heterocycles. The molecule has 0 aromatic heterocycles. The van der Waals surface area contributed by atoms with E-state index in [0.29, 0.717) is 6.42 Å². The van der Waals surface area contributed by atoms with Crippen molar-refractivity contribution in [3.63, 3.8) is 0 Å². The van der Waals surface area contributed by atoms with Crippen LogP contribution in [-0.4, -0.2) is 29.2 Å². The monoisotopic (exact) mass is 228 g/mol. The van der Waals surface area contributed by atoms with Crippen LogP contribution >= 0.6 is 0 Å². The maximum atomic E-state index is 11.8. The lowest BCUT2D eigenvalue weighted by Crippen LogP contribution is -2.47. The Hall–Kier alpha value is -0.610. The average molecular weight is 228 g/mol. The standard InChI is InChI=1S/C12H24N2O2/c1-9(2)10(8-15)14-11(16)7-12(13)5-3-4-6-12/h9-10,15H,3-8,13H2,1-2H3,(H,14,16). The minimum atomic E-state index is -0.304. The van der Waals surface area contributed by atoms with Crippen LogP contribution in [0.2, 0.25) is 0 Å². The van der Waals surface area contributed by atoms with Crippen LogP contribution in [0, 0.1) is 5.92 Å². The number of rotatable bonds is 5. The fourth-order valence-corrected chi connectivity index (χ4v) is 2.26. The second-order valence-electron chi connectivity index (χ2n) is 5.35. The second kappa shape index (κ2) is 5.64. The maximum Gasteiger partial charge on any atom is 0.222 e. The van der Waals surface area contributed by atoms with Crippen LogP contribution in [0.15, 0.2) is 0 Å². The number of carbonyl (C=O) groups excluding carboxylic acids is 1. The summed E-state index contributed by atoms with van der Waals surface area (Å²) in [7, 11) is 0. The van der Waals surface area contributed by atoms with Gasteiger partial charge in [0.15, 0.2) is 0 Å². The van der Waals surface area contributed by atoms with E-state index >= 15 is 0 Å². The Kier molecular flexibility index (Phi) is 4.74. The van der Waals surface area contributed by atoms with Crippen molar-refractivity contribution in [2.24, 2.45) is 11.7 Å². The summed E-state index contributed by atoms with van der Waals surface area (Å²) < 4.78 is 0. The number of amides is 1. The summed E-state index contributed by atoms with van der Waals surface area (Å²) in [5.74, 6) is 0.211. The molecule has 1 fully saturated rings. The molecule has 1 aliphatic carbocycles. The molecule has 4 heteroatoms. The normalized spacial score (nSPS) is 21.1. The van der Waals surface area contributed by atoms with Gasteiger partial charge in [0.2, 0.25) is 5.91 Å². The van der Waals surface area contributed by atoms with E-state index in [4.69, 9.17) is 10.8 Å². The highest BCUT2D eigenvalue weighted by atomic mass is 16.3. The number of nitrogens with two attached hydrogens (primary N) is 1. The minimum absolute atomic E-state index is 0.0129. The molecular weight excluding hydrogens is 204 g/mol. The first kappa shape index (κ1) is 13.5. The van der Waals surface area contributed by atoms with Gasteiger partial charge in [-0.05, 0) is 18.8 Å². The Morgan fingerprint density at radius 1 is 1.44 bits per heavy atom. The van der Waals surface area contributed by atoms with E-state index < -0.39 is 0 Å². The Balaban J connectivity index is 2.40. The van der Waals surface area contributed by atoms with Crippen LogP contribution in [0.5, 0.6) is 0 Å². The fraction of sp³-hybridized carbons (Fsp3) is 0.917. The first-order valence-electron chi connectivity index (χ1n) is 6.16. The second-order valence-corrected chi connectivity index (χ2v) is 5.35. The molecule has 1 saturated carbocycles. The summed E-state index contributed by atoms with van der Waals surface area (Å²) in [4.78, 5) is 11.8. The van der Waals surface area contributed by atoms with Gasteiger partial charge in [0.25, 0.3) is 0 Å². The van der Waals surface area contributed by atoms with Crippen molar-refractivity contribution in [3.05, 3.63) is 0 Å². The Morgan fingerprint density at radius 2 is 2.00 bits per heavy atom. The quantitative estimate of drug-likeness (QED) is 0.651. The summed E-state index contributed by atoms with van der Waals surface area (Å²) in [5.41, 5.74) is 5.83. The van der Waals surface area contributed by atoms with E-state index in [9.17, 15) is 4.79 Å². The third-order valence-corrected chi connectivity index (χ3v) is 3.46. The number of carbonyl (C=O) groups is 1. The van der Waals surface area contributed by atoms with Crippen LogP contribution in [0.3, 0.4) is 0 Å². The van der Waals surface area contributed by atoms with Gasteiger partial charge in [-0.3, -0.25) is 4.79 Å². The molecule has 0 heterocycles. The van der Waals surface area contributed by atoms with Crippen molar-refractivity contribution in [3.8, 4) is 0 Å². The van der Waals surface area contributed by atoms with E-state index in [0.717, 1.165) is 25.7 Å². The zero-order valence-corrected chi connectivity index (χ0v) is 10.3. The molecule has 1 rings (SSSR count). The van der Waals surface area contributed by atoms with Crippen molar-refractivity contribution in [2.75, 3.05) is 6.61 Å². The van der Waals surface area contributed by atoms with Crippen LogP contribution in [0.1, 0.15) is 46.0 Å². The average Bonchev–Trinajstić information content (AvgIpc) is 2.60. The van der Waals surface area contributed by atoms with E-state index in [-0.39, 0.29) is 30.0 Å². The molecular formula is C12H24N2O2. The molecule has 0 saturated heterocycles. The summed E-state index contributed by atoms with van der Waals surface area (Å²) in [6.45, 7) is 3.95. The lowest BCUT2D eigenvalue weighted by molar-refractivity contribution is -0.123. The number of hydrogen-bond donors (Lipinski definition) is 3. The number of nitrogens with one attached hydrogen (secondary N) is 1. The highest BCUT2D eigenvalue weighted by molar-refractivity contribution is 5.77. The van der Waals surface area contributed by atoms with Crippen molar-refractivity contribution in [1.82, 2.24) is 5.32 Å². The van der Waals surface area contributed by atoms with Gasteiger partial charge in [0, 0.05) is 12.0 Å². The van der Waals surface area contributed by atoms with Gasteiger partial charge in [-0.15, -0.1) is 0 Å². The van der Waals surface area contributed by atoms with Gasteiger partial charge < -0.3 is 16.2 Å². The topological polar surface area (TPSA) is 75.3 Å². The molecule has 1 atom stereocenters. The molecule has 0 radical (unpaired) electrons. The molecule has 0 aromatic rings. The van der Waals surface area contributed by atoms with Gasteiger partial charge in [0.1, 0.15) is 0 Å². The van der Waals surface area contributed by atoms with Crippen LogP contribution in [-0.2, 0) is 4.79 Å². The van der Waals surface area contributed by atoms with Gasteiger partial charge in [-0.2, -0.15) is 0 Å². The van der Waals surface area contributed by atoms with Crippen molar-refractivity contribution in [2.45, 2.75) is 57.5 Å². The Bertz CT molecular complexity index is 235. The zero-order valence-electron chi connectivity index (χ0n) is 10.3. The summed E-state index contributed by atoms with van der Waals surface area (Å²) in [6.07, 6.45) is 4.50. The maximum absolute atomic E-state index is 11.8. The predicted octanol–water partition coefficient (Wildman–Crippen LogP) is 0.781. The van der Waals surface area contributed by atoms with Gasteiger partial charge in [-0.1, -0.05) is 26.7 Å². The first-order valence-corrected chi connectivity index (χ1v) is 6.16.